The molecule has 28 heavy (non-hydrogen) atoms. The van der Waals surface area contributed by atoms with Crippen LogP contribution in [0.3, 0.4) is 0 Å². The number of guanidine groups is 1. The predicted octanol–water partition coefficient (Wildman–Crippen LogP) is 2.94. The molecule has 2 aliphatic rings. The van der Waals surface area contributed by atoms with Gasteiger partial charge in [0, 0.05) is 31.6 Å². The zero-order valence-electron chi connectivity index (χ0n) is 16.7. The molecule has 1 amide bonds. The molecule has 1 aliphatic carbocycles. The summed E-state index contributed by atoms with van der Waals surface area (Å²) in [5.41, 5.74) is 8.99. The average Bonchev–Trinajstić information content (AvgIpc) is 2.66. The molecule has 0 spiro atoms. The second-order valence-electron chi connectivity index (χ2n) is 7.70. The zero-order valence-corrected chi connectivity index (χ0v) is 19.1. The van der Waals surface area contributed by atoms with Gasteiger partial charge in [0.05, 0.1) is 6.54 Å². The molecule has 4 N–H and O–H groups in total. The second kappa shape index (κ2) is 10.9. The van der Waals surface area contributed by atoms with E-state index >= 15 is 0 Å². The number of hydrogen-bond donors (Lipinski definition) is 3. The van der Waals surface area contributed by atoms with Crippen LogP contribution in [0.4, 0.5) is 0 Å². The Morgan fingerprint density at radius 3 is 2.86 bits per heavy atom. The molecule has 1 unspecified atom stereocenters. The summed E-state index contributed by atoms with van der Waals surface area (Å²) in [6, 6.07) is 3.87. The van der Waals surface area contributed by atoms with Crippen molar-refractivity contribution in [3.8, 4) is 5.75 Å². The molecule has 7 heteroatoms. The summed E-state index contributed by atoms with van der Waals surface area (Å²) in [7, 11) is 0. The van der Waals surface area contributed by atoms with Gasteiger partial charge in [-0.2, -0.15) is 0 Å². The molecule has 1 aliphatic heterocycles. The zero-order chi connectivity index (χ0) is 19.2. The van der Waals surface area contributed by atoms with Crippen molar-refractivity contribution in [2.24, 2.45) is 16.6 Å². The molecule has 156 valence electrons. The lowest BCUT2D eigenvalue weighted by Gasteiger charge is -2.34. The van der Waals surface area contributed by atoms with Gasteiger partial charge in [0.15, 0.2) is 5.96 Å². The summed E-state index contributed by atoms with van der Waals surface area (Å²) in [5, 5.41) is 13.8. The van der Waals surface area contributed by atoms with Gasteiger partial charge in [-0.3, -0.25) is 4.79 Å². The smallest absolute Gasteiger partial charge is 0.217 e. The first-order chi connectivity index (χ1) is 13.1. The van der Waals surface area contributed by atoms with Gasteiger partial charge in [-0.25, -0.2) is 4.99 Å². The van der Waals surface area contributed by atoms with Crippen molar-refractivity contribution in [2.45, 2.75) is 58.4 Å². The number of aromatic hydroxyl groups is 1. The molecule has 1 fully saturated rings. The van der Waals surface area contributed by atoms with E-state index in [2.05, 4.69) is 23.2 Å². The number of benzene rings is 1. The first-order valence-corrected chi connectivity index (χ1v) is 10.2. The van der Waals surface area contributed by atoms with E-state index < -0.39 is 0 Å². The van der Waals surface area contributed by atoms with Gasteiger partial charge in [-0.05, 0) is 68.6 Å². The maximum absolute atomic E-state index is 11.3. The van der Waals surface area contributed by atoms with Crippen LogP contribution in [-0.4, -0.2) is 41.5 Å². The highest BCUT2D eigenvalue weighted by Gasteiger charge is 2.24. The SMILES string of the molecule is CCNC(=NCc1c(O)ccc2c1CCCC2)N1CCCC(CC(N)=O)C1.I. The highest BCUT2D eigenvalue weighted by molar-refractivity contribution is 14.0. The molecule has 1 aromatic rings. The minimum Gasteiger partial charge on any atom is -0.508 e. The molecule has 3 rings (SSSR count). The van der Waals surface area contributed by atoms with E-state index in [1.165, 1.54) is 24.0 Å². The lowest BCUT2D eigenvalue weighted by atomic mass is 9.88. The van der Waals surface area contributed by atoms with Crippen molar-refractivity contribution in [2.75, 3.05) is 19.6 Å². The number of hydrogen-bond acceptors (Lipinski definition) is 3. The molecule has 0 aromatic heterocycles. The van der Waals surface area contributed by atoms with Crippen LogP contribution in [0.15, 0.2) is 17.1 Å². The first kappa shape index (κ1) is 22.8. The number of nitrogens with one attached hydrogen (secondary N) is 1. The number of nitrogens with two attached hydrogens (primary N) is 1. The fourth-order valence-electron chi connectivity index (χ4n) is 4.36. The summed E-state index contributed by atoms with van der Waals surface area (Å²) in [6.45, 7) is 5.05. The van der Waals surface area contributed by atoms with Crippen molar-refractivity contribution in [1.29, 1.82) is 0 Å². The summed E-state index contributed by atoms with van der Waals surface area (Å²) in [5.74, 6) is 1.27. The average molecular weight is 500 g/mol. The number of likely N-dealkylation sites (tertiary alicyclic amines) is 1. The Bertz CT molecular complexity index is 708. The number of primary amides is 1. The molecule has 1 saturated heterocycles. The molecule has 0 saturated carbocycles. The number of aliphatic imine (C=N–C) groups is 1. The van der Waals surface area contributed by atoms with Crippen molar-refractivity contribution in [3.05, 3.63) is 28.8 Å². The topological polar surface area (TPSA) is 91.0 Å². The molecular formula is C21H33IN4O2. The lowest BCUT2D eigenvalue weighted by molar-refractivity contribution is -0.119. The summed E-state index contributed by atoms with van der Waals surface area (Å²) in [6.07, 6.45) is 7.01. The number of nitrogens with zero attached hydrogens (tertiary/aromatic N) is 2. The van der Waals surface area contributed by atoms with Crippen LogP contribution in [0.2, 0.25) is 0 Å². The van der Waals surface area contributed by atoms with Crippen LogP contribution in [0, 0.1) is 5.92 Å². The first-order valence-electron chi connectivity index (χ1n) is 10.2. The highest BCUT2D eigenvalue weighted by atomic mass is 127. The summed E-state index contributed by atoms with van der Waals surface area (Å²) in [4.78, 5) is 18.4. The lowest BCUT2D eigenvalue weighted by Crippen LogP contribution is -2.47. The minimum atomic E-state index is -0.232. The van der Waals surface area contributed by atoms with E-state index in [4.69, 9.17) is 10.7 Å². The molecule has 1 atom stereocenters. The number of aryl methyl sites for hydroxylation is 1. The van der Waals surface area contributed by atoms with Gasteiger partial charge in [0.2, 0.25) is 5.91 Å². The maximum Gasteiger partial charge on any atom is 0.217 e. The Labute approximate surface area is 185 Å². The Balaban J connectivity index is 0.00000280. The number of carbonyl (C=O) groups is 1. The largest absolute Gasteiger partial charge is 0.508 e. The van der Waals surface area contributed by atoms with Crippen LogP contribution in [0.5, 0.6) is 5.75 Å². The van der Waals surface area contributed by atoms with E-state index in [0.29, 0.717) is 18.7 Å². The molecule has 0 radical (unpaired) electrons. The molecular weight excluding hydrogens is 467 g/mol. The van der Waals surface area contributed by atoms with Crippen molar-refractivity contribution < 1.29 is 9.90 Å². The Morgan fingerprint density at radius 2 is 2.11 bits per heavy atom. The highest BCUT2D eigenvalue weighted by Crippen LogP contribution is 2.31. The number of rotatable bonds is 5. The normalized spacial score (nSPS) is 19.5. The predicted molar refractivity (Wildman–Crippen MR) is 123 cm³/mol. The third-order valence-electron chi connectivity index (χ3n) is 5.66. The van der Waals surface area contributed by atoms with Crippen molar-refractivity contribution in [3.63, 3.8) is 0 Å². The van der Waals surface area contributed by atoms with Crippen LogP contribution < -0.4 is 11.1 Å². The Hall–Kier alpha value is -1.51. The van der Waals surface area contributed by atoms with Gasteiger partial charge in [-0.1, -0.05) is 6.07 Å². The fraction of sp³-hybridized carbons (Fsp3) is 0.619. The Morgan fingerprint density at radius 1 is 1.32 bits per heavy atom. The van der Waals surface area contributed by atoms with Crippen LogP contribution >= 0.6 is 24.0 Å². The number of fused-ring (bicyclic) bond motifs is 1. The van der Waals surface area contributed by atoms with E-state index in [-0.39, 0.29) is 35.8 Å². The monoisotopic (exact) mass is 500 g/mol. The van der Waals surface area contributed by atoms with Crippen molar-refractivity contribution in [1.82, 2.24) is 10.2 Å². The number of phenolic OH excluding ortho intramolecular Hbond substituents is 1. The van der Waals surface area contributed by atoms with Gasteiger partial charge in [0.1, 0.15) is 5.75 Å². The Kier molecular flexibility index (Phi) is 8.85. The summed E-state index contributed by atoms with van der Waals surface area (Å²) < 4.78 is 0. The second-order valence-corrected chi connectivity index (χ2v) is 7.70. The third kappa shape index (κ3) is 5.75. The fourth-order valence-corrected chi connectivity index (χ4v) is 4.36. The quantitative estimate of drug-likeness (QED) is 0.330. The number of phenols is 1. The number of piperidine rings is 1. The van der Waals surface area contributed by atoms with Gasteiger partial charge >= 0.3 is 0 Å². The molecule has 6 nitrogen and oxygen atoms in total. The van der Waals surface area contributed by atoms with E-state index in [1.54, 1.807) is 0 Å². The number of carbonyl (C=O) groups excluding carboxylic acids is 1. The maximum atomic E-state index is 11.3. The number of halogens is 1. The van der Waals surface area contributed by atoms with Crippen LogP contribution in [-0.2, 0) is 24.2 Å². The molecule has 1 heterocycles. The minimum absolute atomic E-state index is 0. The number of amides is 1. The standard InChI is InChI=1S/C21H32N4O2.HI/c1-2-23-21(25-11-5-6-15(14-25)12-20(22)27)24-13-18-17-8-4-3-7-16(17)9-10-19(18)26;/h9-10,15,26H,2-8,11-14H2,1H3,(H2,22,27)(H,23,24);1H. The summed E-state index contributed by atoms with van der Waals surface area (Å²) >= 11 is 0. The van der Waals surface area contributed by atoms with Crippen LogP contribution in [0.25, 0.3) is 0 Å². The van der Waals surface area contributed by atoms with E-state index in [9.17, 15) is 9.90 Å². The molecule has 0 bridgehead atoms. The molecule has 1 aromatic carbocycles. The van der Waals surface area contributed by atoms with Gasteiger partial charge in [0.25, 0.3) is 0 Å². The van der Waals surface area contributed by atoms with E-state index in [1.807, 2.05) is 6.07 Å². The van der Waals surface area contributed by atoms with E-state index in [0.717, 1.165) is 56.8 Å². The van der Waals surface area contributed by atoms with Gasteiger partial charge in [-0.15, -0.1) is 24.0 Å². The van der Waals surface area contributed by atoms with Gasteiger partial charge < -0.3 is 21.1 Å². The van der Waals surface area contributed by atoms with Crippen LogP contribution in [0.1, 0.15) is 55.7 Å². The van der Waals surface area contributed by atoms with Crippen molar-refractivity contribution >= 4 is 35.8 Å². The third-order valence-corrected chi connectivity index (χ3v) is 5.66.